The lowest BCUT2D eigenvalue weighted by Gasteiger charge is -2.31. The molecular formula is C26H37NO7Si. The van der Waals surface area contributed by atoms with Crippen molar-refractivity contribution in [2.24, 2.45) is 0 Å². The molecular weight excluding hydrogens is 466 g/mol. The second kappa shape index (κ2) is 11.4. The summed E-state index contributed by atoms with van der Waals surface area (Å²) in [6.07, 6.45) is 0. The van der Waals surface area contributed by atoms with Gasteiger partial charge in [0.2, 0.25) is 14.8 Å². The highest BCUT2D eigenvalue weighted by Crippen LogP contribution is 2.46. The number of hydrogen-bond donors (Lipinski definition) is 2. The first-order valence-electron chi connectivity index (χ1n) is 11.3. The first-order chi connectivity index (χ1) is 16.4. The third-order valence-corrected chi connectivity index (χ3v) is 6.09. The summed E-state index contributed by atoms with van der Waals surface area (Å²) in [5, 5.41) is 13.2. The minimum absolute atomic E-state index is 0.0425. The van der Waals surface area contributed by atoms with Crippen LogP contribution in [0.5, 0.6) is 28.7 Å². The van der Waals surface area contributed by atoms with E-state index in [4.69, 9.17) is 23.4 Å². The summed E-state index contributed by atoms with van der Waals surface area (Å²) < 4.78 is 28.4. The zero-order valence-corrected chi connectivity index (χ0v) is 23.2. The first kappa shape index (κ1) is 27.9. The highest BCUT2D eigenvalue weighted by molar-refractivity contribution is 6.49. The van der Waals surface area contributed by atoms with Crippen LogP contribution in [0.3, 0.4) is 0 Å². The van der Waals surface area contributed by atoms with Crippen molar-refractivity contribution in [1.82, 2.24) is 0 Å². The minimum atomic E-state index is -1.59. The van der Waals surface area contributed by atoms with E-state index in [1.807, 2.05) is 12.1 Å². The molecule has 1 unspecified atom stereocenters. The Morgan fingerprint density at radius 3 is 1.89 bits per heavy atom. The van der Waals surface area contributed by atoms with E-state index < -0.39 is 21.1 Å². The van der Waals surface area contributed by atoms with Crippen LogP contribution in [0.15, 0.2) is 36.4 Å². The molecule has 0 aromatic heterocycles. The van der Waals surface area contributed by atoms with Crippen LogP contribution in [-0.2, 0) is 10.2 Å². The van der Waals surface area contributed by atoms with Gasteiger partial charge in [-0.05, 0) is 30.6 Å². The molecule has 0 radical (unpaired) electrons. The number of methoxy groups -OCH3 is 4. The first-order valence-corrected chi connectivity index (χ1v) is 14.0. The van der Waals surface area contributed by atoms with Gasteiger partial charge >= 0.3 is 5.97 Å². The van der Waals surface area contributed by atoms with Gasteiger partial charge in [-0.15, -0.1) is 0 Å². The average Bonchev–Trinajstić information content (AvgIpc) is 2.79. The van der Waals surface area contributed by atoms with Crippen LogP contribution in [0.1, 0.15) is 37.9 Å². The lowest BCUT2D eigenvalue weighted by molar-refractivity contribution is -0.132. The Balaban J connectivity index is 2.81. The second-order valence-corrected chi connectivity index (χ2v) is 11.6. The van der Waals surface area contributed by atoms with Crippen molar-refractivity contribution in [3.63, 3.8) is 0 Å². The Morgan fingerprint density at radius 1 is 0.943 bits per heavy atom. The summed E-state index contributed by atoms with van der Waals surface area (Å²) in [7, 11) is 4.58. The van der Waals surface area contributed by atoms with E-state index in [0.29, 0.717) is 40.0 Å². The van der Waals surface area contributed by atoms with Gasteiger partial charge < -0.3 is 33.8 Å². The van der Waals surface area contributed by atoms with E-state index in [9.17, 15) is 9.90 Å². The van der Waals surface area contributed by atoms with Crippen LogP contribution < -0.4 is 28.7 Å². The SMILES string of the molecule is C=C(C(=O)O)C(Nc1cc(OC)c(OC)c(OC)c1)c1ccc(OC)c(C(C)(C)C)c1O[SiH](C)C. The maximum absolute atomic E-state index is 12.1. The highest BCUT2D eigenvalue weighted by atomic mass is 28.3. The molecule has 1 atom stereocenters. The molecule has 0 fully saturated rings. The largest absolute Gasteiger partial charge is 0.546 e. The number of carboxylic acids is 1. The van der Waals surface area contributed by atoms with Gasteiger partial charge in [-0.3, -0.25) is 0 Å². The number of carbonyl (C=O) groups is 1. The van der Waals surface area contributed by atoms with Crippen molar-refractivity contribution in [1.29, 1.82) is 0 Å². The summed E-state index contributed by atoms with van der Waals surface area (Å²) >= 11 is 0. The third kappa shape index (κ3) is 6.22. The smallest absolute Gasteiger partial charge is 0.333 e. The van der Waals surface area contributed by atoms with Crippen molar-refractivity contribution in [3.05, 3.63) is 47.5 Å². The molecule has 0 aliphatic rings. The molecule has 0 amide bonds. The Labute approximate surface area is 209 Å². The maximum atomic E-state index is 12.1. The summed E-state index contributed by atoms with van der Waals surface area (Å²) in [4.78, 5) is 12.1. The number of aliphatic carboxylic acids is 1. The van der Waals surface area contributed by atoms with Gasteiger partial charge in [0.05, 0.1) is 40.1 Å². The lowest BCUT2D eigenvalue weighted by Crippen LogP contribution is -2.24. The quantitative estimate of drug-likeness (QED) is 0.320. The van der Waals surface area contributed by atoms with Crippen LogP contribution in [0.2, 0.25) is 13.1 Å². The minimum Gasteiger partial charge on any atom is -0.546 e. The zero-order valence-electron chi connectivity index (χ0n) is 22.1. The molecule has 0 heterocycles. The van der Waals surface area contributed by atoms with Crippen LogP contribution >= 0.6 is 0 Å². The van der Waals surface area contributed by atoms with Crippen molar-refractivity contribution in [3.8, 4) is 28.7 Å². The number of carboxylic acid groups (broad SMARTS) is 1. The van der Waals surface area contributed by atoms with Gasteiger partial charge in [0, 0.05) is 28.9 Å². The van der Waals surface area contributed by atoms with E-state index in [0.717, 1.165) is 5.56 Å². The van der Waals surface area contributed by atoms with Crippen LogP contribution in [-0.4, -0.2) is 48.6 Å². The Kier molecular flexibility index (Phi) is 9.09. The van der Waals surface area contributed by atoms with Crippen LogP contribution in [0, 0.1) is 0 Å². The number of rotatable bonds is 11. The Hall–Kier alpha value is -3.33. The van der Waals surface area contributed by atoms with E-state index in [2.05, 4.69) is 45.8 Å². The van der Waals surface area contributed by atoms with Gasteiger partial charge in [-0.1, -0.05) is 27.4 Å². The molecule has 0 aliphatic carbocycles. The van der Waals surface area contributed by atoms with Crippen molar-refractivity contribution >= 4 is 20.7 Å². The molecule has 0 spiro atoms. The predicted molar refractivity (Wildman–Crippen MR) is 140 cm³/mol. The second-order valence-electron chi connectivity index (χ2n) is 9.30. The molecule has 0 saturated heterocycles. The molecule has 2 rings (SSSR count). The molecule has 2 N–H and O–H groups in total. The summed E-state index contributed by atoms with van der Waals surface area (Å²) in [6.45, 7) is 14.2. The van der Waals surface area contributed by atoms with E-state index in [1.165, 1.54) is 21.3 Å². The van der Waals surface area contributed by atoms with Crippen LogP contribution in [0.25, 0.3) is 0 Å². The fraction of sp³-hybridized carbons (Fsp3) is 0.423. The molecule has 0 saturated carbocycles. The molecule has 2 aromatic rings. The fourth-order valence-corrected chi connectivity index (χ4v) is 4.58. The Bertz CT molecular complexity index is 1050. The van der Waals surface area contributed by atoms with Crippen molar-refractivity contribution < 1.29 is 33.3 Å². The summed E-state index contributed by atoms with van der Waals surface area (Å²) in [5.41, 5.74) is 1.71. The van der Waals surface area contributed by atoms with E-state index in [1.54, 1.807) is 19.2 Å². The highest BCUT2D eigenvalue weighted by Gasteiger charge is 2.32. The normalized spacial score (nSPS) is 12.1. The number of hydrogen-bond acceptors (Lipinski definition) is 7. The third-order valence-electron chi connectivity index (χ3n) is 5.38. The van der Waals surface area contributed by atoms with E-state index in [-0.39, 0.29) is 11.0 Å². The Morgan fingerprint density at radius 2 is 1.49 bits per heavy atom. The number of nitrogens with one attached hydrogen (secondary N) is 1. The average molecular weight is 504 g/mol. The van der Waals surface area contributed by atoms with E-state index >= 15 is 0 Å². The maximum Gasteiger partial charge on any atom is 0.333 e. The molecule has 0 bridgehead atoms. The molecule has 0 aliphatic heterocycles. The van der Waals surface area contributed by atoms with Gasteiger partial charge in [0.15, 0.2) is 11.5 Å². The molecule has 9 heteroatoms. The molecule has 192 valence electrons. The standard InChI is InChI=1S/C26H37NO7Si/c1-15(25(28)29)22(27-16-13-19(31-6)24(33-8)20(14-16)32-7)17-11-12-18(30-5)21(26(2,3)4)23(17)34-35(9)10/h11-14,22,27,35H,1H2,2-10H3,(H,28,29). The predicted octanol–water partition coefficient (Wildman–Crippen LogP) is 5.17. The topological polar surface area (TPSA) is 95.5 Å². The molecule has 35 heavy (non-hydrogen) atoms. The lowest BCUT2D eigenvalue weighted by atomic mass is 9.82. The van der Waals surface area contributed by atoms with Gasteiger partial charge in [-0.2, -0.15) is 0 Å². The van der Waals surface area contributed by atoms with Crippen LogP contribution in [0.4, 0.5) is 5.69 Å². The van der Waals surface area contributed by atoms with Crippen molar-refractivity contribution in [2.45, 2.75) is 45.3 Å². The fourth-order valence-electron chi connectivity index (χ4n) is 3.86. The number of benzene rings is 2. The summed E-state index contributed by atoms with van der Waals surface area (Å²) in [5.74, 6) is 1.47. The van der Waals surface area contributed by atoms with Gasteiger partial charge in [-0.25, -0.2) is 4.79 Å². The number of anilines is 1. The molecule has 2 aromatic carbocycles. The molecule has 8 nitrogen and oxygen atoms in total. The van der Waals surface area contributed by atoms with Gasteiger partial charge in [0.1, 0.15) is 11.5 Å². The van der Waals surface area contributed by atoms with Crippen molar-refractivity contribution in [2.75, 3.05) is 33.8 Å². The summed E-state index contributed by atoms with van der Waals surface area (Å²) in [6, 6.07) is 6.28. The van der Waals surface area contributed by atoms with Gasteiger partial charge in [0.25, 0.3) is 0 Å². The zero-order chi connectivity index (χ0) is 26.5. The number of ether oxygens (including phenoxy) is 4. The monoisotopic (exact) mass is 503 g/mol.